The van der Waals surface area contributed by atoms with E-state index in [-0.39, 0.29) is 0 Å². The van der Waals surface area contributed by atoms with E-state index in [9.17, 15) is 0 Å². The molecule has 0 N–H and O–H groups in total. The third-order valence-electron chi connectivity index (χ3n) is 2.29. The van der Waals surface area contributed by atoms with E-state index in [1.54, 1.807) is 0 Å². The summed E-state index contributed by atoms with van der Waals surface area (Å²) in [7, 11) is 0. The van der Waals surface area contributed by atoms with E-state index < -0.39 is 0 Å². The second-order valence-electron chi connectivity index (χ2n) is 3.46. The normalized spacial score (nSPS) is 10.7. The molecule has 2 rings (SSSR count). The molecule has 0 spiro atoms. The van der Waals surface area contributed by atoms with Gasteiger partial charge in [-0.15, -0.1) is 0 Å². The molecule has 0 amide bonds. The highest BCUT2D eigenvalue weighted by Crippen LogP contribution is 2.23. The van der Waals surface area contributed by atoms with Gasteiger partial charge in [-0.25, -0.2) is 9.97 Å². The standard InChI is InChI=1S/C11H11BrN2O/c1-6-4-5-9(15-6)11-13-8(3)7(2)10(12)14-11/h4-5H,1-3H3. The van der Waals surface area contributed by atoms with Crippen molar-refractivity contribution < 1.29 is 4.42 Å². The predicted octanol–water partition coefficient (Wildman–Crippen LogP) is 3.42. The number of hydrogen-bond acceptors (Lipinski definition) is 3. The van der Waals surface area contributed by atoms with E-state index in [0.717, 1.165) is 21.6 Å². The first-order valence-corrected chi connectivity index (χ1v) is 5.45. The van der Waals surface area contributed by atoms with Crippen LogP contribution in [0.1, 0.15) is 17.0 Å². The third-order valence-corrected chi connectivity index (χ3v) is 3.06. The summed E-state index contributed by atoms with van der Waals surface area (Å²) < 4.78 is 6.29. The van der Waals surface area contributed by atoms with E-state index in [4.69, 9.17) is 4.42 Å². The minimum absolute atomic E-state index is 0.623. The first-order valence-electron chi connectivity index (χ1n) is 4.65. The van der Waals surface area contributed by atoms with E-state index in [0.29, 0.717) is 11.6 Å². The molecule has 0 atom stereocenters. The van der Waals surface area contributed by atoms with Gasteiger partial charge in [0.2, 0.25) is 0 Å². The highest BCUT2D eigenvalue weighted by Gasteiger charge is 2.10. The molecule has 78 valence electrons. The van der Waals surface area contributed by atoms with E-state index >= 15 is 0 Å². The number of hydrogen-bond donors (Lipinski definition) is 0. The molecule has 4 heteroatoms. The van der Waals surface area contributed by atoms with Gasteiger partial charge in [-0.3, -0.25) is 0 Å². The Labute approximate surface area is 96.7 Å². The molecule has 3 nitrogen and oxygen atoms in total. The minimum Gasteiger partial charge on any atom is -0.458 e. The fourth-order valence-electron chi connectivity index (χ4n) is 1.26. The van der Waals surface area contributed by atoms with Gasteiger partial charge in [0.25, 0.3) is 0 Å². The molecular weight excluding hydrogens is 256 g/mol. The fraction of sp³-hybridized carbons (Fsp3) is 0.273. The SMILES string of the molecule is Cc1ccc(-c2nc(C)c(C)c(Br)n2)o1. The molecule has 2 aromatic heterocycles. The summed E-state index contributed by atoms with van der Waals surface area (Å²) in [4.78, 5) is 8.71. The molecule has 0 unspecified atom stereocenters. The molecule has 0 saturated carbocycles. The zero-order chi connectivity index (χ0) is 11.0. The van der Waals surface area contributed by atoms with Crippen LogP contribution in [0.15, 0.2) is 21.2 Å². The van der Waals surface area contributed by atoms with Crippen LogP contribution in [0.5, 0.6) is 0 Å². The molecule has 0 saturated heterocycles. The van der Waals surface area contributed by atoms with Crippen molar-refractivity contribution in [2.45, 2.75) is 20.8 Å². The lowest BCUT2D eigenvalue weighted by atomic mass is 10.3. The number of aromatic nitrogens is 2. The van der Waals surface area contributed by atoms with Crippen molar-refractivity contribution in [2.24, 2.45) is 0 Å². The summed E-state index contributed by atoms with van der Waals surface area (Å²) in [6.07, 6.45) is 0. The van der Waals surface area contributed by atoms with Gasteiger partial charge >= 0.3 is 0 Å². The smallest absolute Gasteiger partial charge is 0.196 e. The molecule has 15 heavy (non-hydrogen) atoms. The number of rotatable bonds is 1. The van der Waals surface area contributed by atoms with E-state index in [1.807, 2.05) is 32.9 Å². The van der Waals surface area contributed by atoms with Crippen molar-refractivity contribution in [2.75, 3.05) is 0 Å². The molecule has 0 fully saturated rings. The Morgan fingerprint density at radius 3 is 2.40 bits per heavy atom. The zero-order valence-electron chi connectivity index (χ0n) is 8.84. The molecule has 0 aliphatic heterocycles. The second kappa shape index (κ2) is 3.77. The largest absolute Gasteiger partial charge is 0.458 e. The zero-order valence-corrected chi connectivity index (χ0v) is 10.4. The van der Waals surface area contributed by atoms with Gasteiger partial charge in [0.1, 0.15) is 10.4 Å². The van der Waals surface area contributed by atoms with Crippen molar-refractivity contribution in [1.29, 1.82) is 0 Å². The summed E-state index contributed by atoms with van der Waals surface area (Å²) >= 11 is 3.41. The Balaban J connectivity index is 2.55. The predicted molar refractivity (Wildman–Crippen MR) is 61.6 cm³/mol. The highest BCUT2D eigenvalue weighted by atomic mass is 79.9. The monoisotopic (exact) mass is 266 g/mol. The van der Waals surface area contributed by atoms with Crippen LogP contribution in [0.3, 0.4) is 0 Å². The van der Waals surface area contributed by atoms with Gasteiger partial charge in [-0.2, -0.15) is 0 Å². The lowest BCUT2D eigenvalue weighted by Gasteiger charge is -2.03. The molecule has 0 radical (unpaired) electrons. The van der Waals surface area contributed by atoms with Crippen LogP contribution >= 0.6 is 15.9 Å². The van der Waals surface area contributed by atoms with Gasteiger partial charge in [0.15, 0.2) is 11.6 Å². The Hall–Kier alpha value is -1.16. The van der Waals surface area contributed by atoms with Crippen molar-refractivity contribution in [3.8, 4) is 11.6 Å². The molecule has 0 bridgehead atoms. The summed E-state index contributed by atoms with van der Waals surface area (Å²) in [5.74, 6) is 2.19. The Morgan fingerprint density at radius 2 is 1.87 bits per heavy atom. The molecule has 0 aliphatic carbocycles. The highest BCUT2D eigenvalue weighted by molar-refractivity contribution is 9.10. The van der Waals surface area contributed by atoms with Gasteiger partial charge < -0.3 is 4.42 Å². The van der Waals surface area contributed by atoms with Gasteiger partial charge in [0.05, 0.1) is 0 Å². The van der Waals surface area contributed by atoms with E-state index in [1.165, 1.54) is 0 Å². The van der Waals surface area contributed by atoms with Crippen molar-refractivity contribution in [1.82, 2.24) is 9.97 Å². The number of aryl methyl sites for hydroxylation is 2. The van der Waals surface area contributed by atoms with Crippen LogP contribution in [0.4, 0.5) is 0 Å². The quantitative estimate of drug-likeness (QED) is 0.743. The molecule has 0 aliphatic rings. The van der Waals surface area contributed by atoms with Crippen LogP contribution in [-0.4, -0.2) is 9.97 Å². The second-order valence-corrected chi connectivity index (χ2v) is 4.21. The summed E-state index contributed by atoms with van der Waals surface area (Å²) in [5, 5.41) is 0. The van der Waals surface area contributed by atoms with Crippen LogP contribution < -0.4 is 0 Å². The Bertz CT molecular complexity index is 482. The van der Waals surface area contributed by atoms with Crippen molar-refractivity contribution >= 4 is 15.9 Å². The Morgan fingerprint density at radius 1 is 1.13 bits per heavy atom. The Kier molecular flexibility index (Phi) is 2.61. The maximum Gasteiger partial charge on any atom is 0.196 e. The first-order chi connectivity index (χ1) is 7.08. The summed E-state index contributed by atoms with van der Waals surface area (Å²) in [5.41, 5.74) is 2.02. The molecule has 2 aromatic rings. The van der Waals surface area contributed by atoms with Crippen molar-refractivity contribution in [3.05, 3.63) is 33.8 Å². The molecule has 0 aromatic carbocycles. The summed E-state index contributed by atoms with van der Waals surface area (Å²) in [6.45, 7) is 5.84. The molecule has 2 heterocycles. The van der Waals surface area contributed by atoms with Crippen LogP contribution in [0, 0.1) is 20.8 Å². The van der Waals surface area contributed by atoms with Crippen LogP contribution in [0.25, 0.3) is 11.6 Å². The number of halogens is 1. The van der Waals surface area contributed by atoms with Gasteiger partial charge in [-0.1, -0.05) is 0 Å². The maximum atomic E-state index is 5.47. The number of furan rings is 1. The van der Waals surface area contributed by atoms with Crippen LogP contribution in [-0.2, 0) is 0 Å². The fourth-order valence-corrected chi connectivity index (χ4v) is 1.71. The minimum atomic E-state index is 0.623. The van der Waals surface area contributed by atoms with Gasteiger partial charge in [0, 0.05) is 11.3 Å². The molecular formula is C11H11BrN2O. The summed E-state index contributed by atoms with van der Waals surface area (Å²) in [6, 6.07) is 3.79. The lowest BCUT2D eigenvalue weighted by Crippen LogP contribution is -1.95. The maximum absolute atomic E-state index is 5.47. The van der Waals surface area contributed by atoms with Crippen molar-refractivity contribution in [3.63, 3.8) is 0 Å². The average molecular weight is 267 g/mol. The lowest BCUT2D eigenvalue weighted by molar-refractivity contribution is 0.543. The van der Waals surface area contributed by atoms with E-state index in [2.05, 4.69) is 25.9 Å². The first kappa shape index (κ1) is 10.4. The third kappa shape index (κ3) is 1.95. The van der Waals surface area contributed by atoms with Crippen LogP contribution in [0.2, 0.25) is 0 Å². The average Bonchev–Trinajstić information content (AvgIpc) is 2.60. The topological polar surface area (TPSA) is 38.9 Å². The number of nitrogens with zero attached hydrogens (tertiary/aromatic N) is 2. The van der Waals surface area contributed by atoms with Gasteiger partial charge in [-0.05, 0) is 48.8 Å².